The number of benzene rings is 1. The van der Waals surface area contributed by atoms with Gasteiger partial charge in [-0.25, -0.2) is 9.97 Å². The number of rotatable bonds is 8. The van der Waals surface area contributed by atoms with E-state index in [0.29, 0.717) is 0 Å². The van der Waals surface area contributed by atoms with Crippen LogP contribution in [0.3, 0.4) is 0 Å². The van der Waals surface area contributed by atoms with Crippen LogP contribution in [-0.4, -0.2) is 17.1 Å². The minimum Gasteiger partial charge on any atom is -0.497 e. The summed E-state index contributed by atoms with van der Waals surface area (Å²) in [6.07, 6.45) is 12.4. The van der Waals surface area contributed by atoms with Crippen LogP contribution in [0.25, 0.3) is 11.4 Å². The Morgan fingerprint density at radius 3 is 2.69 bits per heavy atom. The molecule has 2 aromatic rings. The highest BCUT2D eigenvalue weighted by atomic mass is 16.5. The molecule has 3 nitrogen and oxygen atoms in total. The average Bonchev–Trinajstić information content (AvgIpc) is 2.70. The van der Waals surface area contributed by atoms with E-state index >= 15 is 0 Å². The van der Waals surface area contributed by atoms with E-state index < -0.39 is 0 Å². The summed E-state index contributed by atoms with van der Waals surface area (Å²) in [5.74, 6) is 3.39. The summed E-state index contributed by atoms with van der Waals surface area (Å²) < 4.78 is 5.23. The monoisotopic (exact) mass is 352 g/mol. The lowest BCUT2D eigenvalue weighted by atomic mass is 9.79. The molecule has 0 aliphatic heterocycles. The second-order valence-electron chi connectivity index (χ2n) is 7.66. The van der Waals surface area contributed by atoms with Gasteiger partial charge in [-0.2, -0.15) is 0 Å². The Hall–Kier alpha value is -1.90. The van der Waals surface area contributed by atoms with E-state index in [0.717, 1.165) is 41.8 Å². The molecule has 3 rings (SSSR count). The Morgan fingerprint density at radius 2 is 2.00 bits per heavy atom. The van der Waals surface area contributed by atoms with Crippen LogP contribution in [0.15, 0.2) is 30.5 Å². The Balaban J connectivity index is 1.66. The molecule has 0 N–H and O–H groups in total. The number of hydrogen-bond donors (Lipinski definition) is 0. The van der Waals surface area contributed by atoms with Crippen molar-refractivity contribution < 1.29 is 4.74 Å². The van der Waals surface area contributed by atoms with Gasteiger partial charge >= 0.3 is 0 Å². The molecular formula is C23H32N2O. The Bertz CT molecular complexity index is 696. The minimum absolute atomic E-state index is 0.805. The van der Waals surface area contributed by atoms with Gasteiger partial charge in [-0.1, -0.05) is 39.5 Å². The highest BCUT2D eigenvalue weighted by molar-refractivity contribution is 5.56. The van der Waals surface area contributed by atoms with Crippen molar-refractivity contribution in [3.05, 3.63) is 41.7 Å². The molecule has 1 aliphatic carbocycles. The molecule has 3 heteroatoms. The molecule has 2 unspecified atom stereocenters. The van der Waals surface area contributed by atoms with Crippen molar-refractivity contribution in [3.63, 3.8) is 0 Å². The van der Waals surface area contributed by atoms with E-state index in [9.17, 15) is 0 Å². The standard InChI is InChI=1S/C23H32N2O/c1-4-6-7-17(5-2)14-18-8-13-22-20(15-18)16-24-23(25-22)19-9-11-21(26-3)12-10-19/h9-12,16-18H,4-8,13-15H2,1-3H3. The summed E-state index contributed by atoms with van der Waals surface area (Å²) in [6.45, 7) is 4.64. The fraction of sp³-hybridized carbons (Fsp3) is 0.565. The van der Waals surface area contributed by atoms with E-state index in [1.165, 1.54) is 49.8 Å². The van der Waals surface area contributed by atoms with Crippen LogP contribution < -0.4 is 4.74 Å². The third-order valence-corrected chi connectivity index (χ3v) is 5.81. The SMILES string of the molecule is CCCCC(CC)CC1CCc2nc(-c3ccc(OC)cc3)ncc2C1. The van der Waals surface area contributed by atoms with Gasteiger partial charge in [0.1, 0.15) is 5.75 Å². The van der Waals surface area contributed by atoms with Gasteiger partial charge in [0.2, 0.25) is 0 Å². The lowest BCUT2D eigenvalue weighted by molar-refractivity contribution is 0.311. The maximum absolute atomic E-state index is 5.23. The zero-order valence-corrected chi connectivity index (χ0v) is 16.5. The quantitative estimate of drug-likeness (QED) is 0.596. The number of nitrogens with zero attached hydrogens (tertiary/aromatic N) is 2. The topological polar surface area (TPSA) is 35.0 Å². The molecule has 0 spiro atoms. The van der Waals surface area contributed by atoms with Gasteiger partial charge in [0.25, 0.3) is 0 Å². The van der Waals surface area contributed by atoms with Crippen molar-refractivity contribution in [2.45, 2.75) is 65.2 Å². The van der Waals surface area contributed by atoms with Crippen molar-refractivity contribution in [2.75, 3.05) is 7.11 Å². The van der Waals surface area contributed by atoms with Crippen LogP contribution in [0, 0.1) is 11.8 Å². The summed E-state index contributed by atoms with van der Waals surface area (Å²) in [5, 5.41) is 0. The van der Waals surface area contributed by atoms with Crippen LogP contribution in [0.5, 0.6) is 5.75 Å². The maximum Gasteiger partial charge on any atom is 0.159 e. The molecule has 0 amide bonds. The molecule has 0 bridgehead atoms. The molecule has 0 saturated heterocycles. The van der Waals surface area contributed by atoms with Crippen LogP contribution in [-0.2, 0) is 12.8 Å². The molecule has 0 fully saturated rings. The molecule has 1 heterocycles. The highest BCUT2D eigenvalue weighted by Crippen LogP contribution is 2.32. The Morgan fingerprint density at radius 1 is 1.19 bits per heavy atom. The molecule has 1 aliphatic rings. The third kappa shape index (κ3) is 4.63. The number of fused-ring (bicyclic) bond motifs is 1. The van der Waals surface area contributed by atoms with E-state index in [1.54, 1.807) is 7.11 Å². The van der Waals surface area contributed by atoms with E-state index in [-0.39, 0.29) is 0 Å². The first-order chi connectivity index (χ1) is 12.7. The zero-order chi connectivity index (χ0) is 18.4. The number of unbranched alkanes of at least 4 members (excludes halogenated alkanes) is 1. The molecule has 0 saturated carbocycles. The molecule has 2 atom stereocenters. The first-order valence-electron chi connectivity index (χ1n) is 10.2. The third-order valence-electron chi connectivity index (χ3n) is 5.81. The number of aryl methyl sites for hydroxylation is 1. The van der Waals surface area contributed by atoms with E-state index in [4.69, 9.17) is 9.72 Å². The van der Waals surface area contributed by atoms with Gasteiger partial charge in [-0.05, 0) is 67.3 Å². The molecule has 26 heavy (non-hydrogen) atoms. The molecule has 1 aromatic heterocycles. The number of methoxy groups -OCH3 is 1. The number of hydrogen-bond acceptors (Lipinski definition) is 3. The summed E-state index contributed by atoms with van der Waals surface area (Å²) in [6, 6.07) is 8.00. The van der Waals surface area contributed by atoms with Gasteiger partial charge in [0.05, 0.1) is 7.11 Å². The summed E-state index contributed by atoms with van der Waals surface area (Å²) in [4.78, 5) is 9.52. The van der Waals surface area contributed by atoms with Crippen molar-refractivity contribution in [2.24, 2.45) is 11.8 Å². The average molecular weight is 353 g/mol. The molecule has 1 aromatic carbocycles. The smallest absolute Gasteiger partial charge is 0.159 e. The van der Waals surface area contributed by atoms with Crippen molar-refractivity contribution in [1.29, 1.82) is 0 Å². The van der Waals surface area contributed by atoms with Crippen LogP contribution in [0.1, 0.15) is 63.6 Å². The first kappa shape index (κ1) is 18.9. The number of ether oxygens (including phenoxy) is 1. The summed E-state index contributed by atoms with van der Waals surface area (Å²) >= 11 is 0. The first-order valence-corrected chi connectivity index (χ1v) is 10.2. The fourth-order valence-electron chi connectivity index (χ4n) is 4.12. The van der Waals surface area contributed by atoms with Crippen molar-refractivity contribution >= 4 is 0 Å². The normalized spacial score (nSPS) is 17.6. The van der Waals surface area contributed by atoms with Gasteiger partial charge in [-0.15, -0.1) is 0 Å². The Kier molecular flexibility index (Phi) is 6.65. The summed E-state index contributed by atoms with van der Waals surface area (Å²) in [7, 11) is 1.69. The van der Waals surface area contributed by atoms with Crippen molar-refractivity contribution in [3.8, 4) is 17.1 Å². The van der Waals surface area contributed by atoms with Gasteiger partial charge < -0.3 is 4.74 Å². The van der Waals surface area contributed by atoms with Crippen LogP contribution in [0.4, 0.5) is 0 Å². The van der Waals surface area contributed by atoms with E-state index in [1.807, 2.05) is 24.3 Å². The highest BCUT2D eigenvalue weighted by Gasteiger charge is 2.23. The molecular weight excluding hydrogens is 320 g/mol. The maximum atomic E-state index is 5.23. The molecule has 140 valence electrons. The van der Waals surface area contributed by atoms with Crippen LogP contribution in [0.2, 0.25) is 0 Å². The predicted octanol–water partition coefficient (Wildman–Crippen LogP) is 5.86. The minimum atomic E-state index is 0.805. The summed E-state index contributed by atoms with van der Waals surface area (Å²) in [5.41, 5.74) is 3.67. The number of aromatic nitrogens is 2. The lowest BCUT2D eigenvalue weighted by Gasteiger charge is -2.27. The van der Waals surface area contributed by atoms with E-state index in [2.05, 4.69) is 25.0 Å². The lowest BCUT2D eigenvalue weighted by Crippen LogP contribution is -2.19. The largest absolute Gasteiger partial charge is 0.497 e. The molecule has 0 radical (unpaired) electrons. The Labute approximate surface area is 158 Å². The van der Waals surface area contributed by atoms with Crippen LogP contribution >= 0.6 is 0 Å². The van der Waals surface area contributed by atoms with Gasteiger partial charge in [0.15, 0.2) is 5.82 Å². The zero-order valence-electron chi connectivity index (χ0n) is 16.5. The van der Waals surface area contributed by atoms with Crippen molar-refractivity contribution in [1.82, 2.24) is 9.97 Å². The fourth-order valence-corrected chi connectivity index (χ4v) is 4.12. The van der Waals surface area contributed by atoms with Gasteiger partial charge in [0, 0.05) is 17.5 Å². The van der Waals surface area contributed by atoms with Gasteiger partial charge in [-0.3, -0.25) is 0 Å². The predicted molar refractivity (Wildman–Crippen MR) is 107 cm³/mol. The second kappa shape index (κ2) is 9.16. The second-order valence-corrected chi connectivity index (χ2v) is 7.66.